The molecule has 0 bridgehead atoms. The number of anilines is 1. The Balaban J connectivity index is 2.03. The zero-order valence-corrected chi connectivity index (χ0v) is 11.8. The van der Waals surface area contributed by atoms with Gasteiger partial charge in [-0.3, -0.25) is 0 Å². The Morgan fingerprint density at radius 2 is 2.05 bits per heavy atom. The number of aliphatic carboxylic acids is 1. The number of aryl methyl sites for hydroxylation is 1. The van der Waals surface area contributed by atoms with Crippen LogP contribution < -0.4 is 5.32 Å². The van der Waals surface area contributed by atoms with Gasteiger partial charge in [-0.15, -0.1) is 0 Å². The number of benzene rings is 1. The van der Waals surface area contributed by atoms with Crippen LogP contribution in [0, 0.1) is 6.92 Å². The van der Waals surface area contributed by atoms with Crippen LogP contribution in [0.25, 0.3) is 6.08 Å². The predicted octanol–water partition coefficient (Wildman–Crippen LogP) is 1.96. The van der Waals surface area contributed by atoms with Crippen molar-refractivity contribution in [3.8, 4) is 0 Å². The first-order chi connectivity index (χ1) is 10.1. The molecule has 112 valence electrons. The van der Waals surface area contributed by atoms with Crippen molar-refractivity contribution in [2.24, 2.45) is 0 Å². The number of hydrogen-bond acceptors (Lipinski definition) is 3. The Morgan fingerprint density at radius 3 is 2.67 bits per heavy atom. The maximum absolute atomic E-state index is 12.1. The molecule has 1 aliphatic heterocycles. The summed E-state index contributed by atoms with van der Waals surface area (Å²) in [6, 6.07) is 5.22. The highest BCUT2D eigenvalue weighted by molar-refractivity contribution is 5.90. The Labute approximate surface area is 123 Å². The van der Waals surface area contributed by atoms with Gasteiger partial charge in [0.05, 0.1) is 13.2 Å². The molecule has 0 spiro atoms. The average Bonchev–Trinajstić information content (AvgIpc) is 2.48. The number of rotatable bonds is 3. The van der Waals surface area contributed by atoms with E-state index in [0.717, 1.165) is 22.9 Å². The van der Waals surface area contributed by atoms with Crippen LogP contribution in [-0.4, -0.2) is 48.3 Å². The van der Waals surface area contributed by atoms with Gasteiger partial charge in [-0.2, -0.15) is 0 Å². The molecule has 1 fully saturated rings. The zero-order valence-electron chi connectivity index (χ0n) is 11.8. The fourth-order valence-corrected chi connectivity index (χ4v) is 2.06. The monoisotopic (exact) mass is 290 g/mol. The van der Waals surface area contributed by atoms with Gasteiger partial charge < -0.3 is 20.1 Å². The number of carbonyl (C=O) groups excluding carboxylic acids is 1. The highest BCUT2D eigenvalue weighted by Gasteiger charge is 2.17. The number of carboxylic acid groups (broad SMARTS) is 1. The summed E-state index contributed by atoms with van der Waals surface area (Å²) in [6.45, 7) is 4.16. The van der Waals surface area contributed by atoms with E-state index in [-0.39, 0.29) is 6.03 Å². The minimum Gasteiger partial charge on any atom is -0.478 e. The molecule has 0 radical (unpaired) electrons. The van der Waals surface area contributed by atoms with E-state index in [4.69, 9.17) is 9.84 Å². The molecule has 2 rings (SSSR count). The van der Waals surface area contributed by atoms with Crippen molar-refractivity contribution in [1.82, 2.24) is 4.90 Å². The Morgan fingerprint density at radius 1 is 1.33 bits per heavy atom. The molecule has 0 aromatic heterocycles. The molecule has 1 saturated heterocycles. The second-order valence-electron chi connectivity index (χ2n) is 4.78. The summed E-state index contributed by atoms with van der Waals surface area (Å²) in [7, 11) is 0. The molecule has 1 heterocycles. The molecule has 6 heteroatoms. The van der Waals surface area contributed by atoms with E-state index in [2.05, 4.69) is 5.32 Å². The van der Waals surface area contributed by atoms with Gasteiger partial charge in [-0.25, -0.2) is 9.59 Å². The molecule has 21 heavy (non-hydrogen) atoms. The van der Waals surface area contributed by atoms with E-state index in [0.29, 0.717) is 26.3 Å². The first kappa shape index (κ1) is 15.1. The van der Waals surface area contributed by atoms with Crippen molar-refractivity contribution in [2.75, 3.05) is 31.6 Å². The van der Waals surface area contributed by atoms with Crippen molar-refractivity contribution in [3.05, 3.63) is 35.4 Å². The lowest BCUT2D eigenvalue weighted by molar-refractivity contribution is -0.131. The minimum absolute atomic E-state index is 0.143. The fraction of sp³-hybridized carbons (Fsp3) is 0.333. The molecule has 2 N–H and O–H groups in total. The van der Waals surface area contributed by atoms with Gasteiger partial charge in [-0.05, 0) is 36.3 Å². The maximum Gasteiger partial charge on any atom is 0.328 e. The molecule has 2 amide bonds. The molecule has 0 aliphatic carbocycles. The Bertz CT molecular complexity index is 563. The highest BCUT2D eigenvalue weighted by Crippen LogP contribution is 2.18. The van der Waals surface area contributed by atoms with E-state index in [1.165, 1.54) is 6.08 Å². The van der Waals surface area contributed by atoms with Gasteiger partial charge >= 0.3 is 12.0 Å². The lowest BCUT2D eigenvalue weighted by Crippen LogP contribution is -2.43. The van der Waals surface area contributed by atoms with Gasteiger partial charge in [-0.1, -0.05) is 6.07 Å². The number of ether oxygens (including phenoxy) is 1. The molecular weight excluding hydrogens is 272 g/mol. The Kier molecular flexibility index (Phi) is 4.94. The summed E-state index contributed by atoms with van der Waals surface area (Å²) in [5.74, 6) is -0.989. The van der Waals surface area contributed by atoms with Gasteiger partial charge in [0, 0.05) is 24.9 Å². The quantitative estimate of drug-likeness (QED) is 0.834. The third kappa shape index (κ3) is 4.32. The number of amides is 2. The van der Waals surface area contributed by atoms with E-state index < -0.39 is 5.97 Å². The number of nitrogens with one attached hydrogen (secondary N) is 1. The maximum atomic E-state index is 12.1. The number of carbonyl (C=O) groups is 2. The van der Waals surface area contributed by atoms with Gasteiger partial charge in [0.15, 0.2) is 0 Å². The molecule has 0 atom stereocenters. The van der Waals surface area contributed by atoms with Crippen molar-refractivity contribution in [2.45, 2.75) is 6.92 Å². The third-order valence-corrected chi connectivity index (χ3v) is 3.21. The largest absolute Gasteiger partial charge is 0.478 e. The molecule has 1 aliphatic rings. The second kappa shape index (κ2) is 6.90. The summed E-state index contributed by atoms with van der Waals surface area (Å²) >= 11 is 0. The van der Waals surface area contributed by atoms with Gasteiger partial charge in [0.1, 0.15) is 0 Å². The predicted molar refractivity (Wildman–Crippen MR) is 79.3 cm³/mol. The summed E-state index contributed by atoms with van der Waals surface area (Å²) in [5.41, 5.74) is 2.38. The average molecular weight is 290 g/mol. The van der Waals surface area contributed by atoms with Crippen LogP contribution in [-0.2, 0) is 9.53 Å². The normalized spacial score (nSPS) is 15.2. The molecule has 6 nitrogen and oxygen atoms in total. The highest BCUT2D eigenvalue weighted by atomic mass is 16.5. The number of nitrogens with zero attached hydrogens (tertiary/aromatic N) is 1. The van der Waals surface area contributed by atoms with E-state index in [1.54, 1.807) is 17.0 Å². The lowest BCUT2D eigenvalue weighted by Gasteiger charge is -2.27. The topological polar surface area (TPSA) is 78.9 Å². The van der Waals surface area contributed by atoms with Crippen LogP contribution >= 0.6 is 0 Å². The molecule has 0 unspecified atom stereocenters. The van der Waals surface area contributed by atoms with Crippen LogP contribution in [0.4, 0.5) is 10.5 Å². The summed E-state index contributed by atoms with van der Waals surface area (Å²) in [4.78, 5) is 24.3. The first-order valence-electron chi connectivity index (χ1n) is 6.71. The van der Waals surface area contributed by atoms with Gasteiger partial charge in [0.2, 0.25) is 0 Å². The van der Waals surface area contributed by atoms with Crippen molar-refractivity contribution < 1.29 is 19.4 Å². The first-order valence-corrected chi connectivity index (χ1v) is 6.71. The van der Waals surface area contributed by atoms with Crippen molar-refractivity contribution in [1.29, 1.82) is 0 Å². The Hall–Kier alpha value is -2.34. The summed E-state index contributed by atoms with van der Waals surface area (Å²) in [6.07, 6.45) is 2.60. The lowest BCUT2D eigenvalue weighted by atomic mass is 10.1. The number of morpholine rings is 1. The number of carboxylic acids is 1. The van der Waals surface area contributed by atoms with Crippen molar-refractivity contribution >= 4 is 23.8 Å². The van der Waals surface area contributed by atoms with Crippen LogP contribution in [0.1, 0.15) is 11.1 Å². The van der Waals surface area contributed by atoms with Crippen LogP contribution in [0.15, 0.2) is 24.3 Å². The van der Waals surface area contributed by atoms with Crippen LogP contribution in [0.2, 0.25) is 0 Å². The smallest absolute Gasteiger partial charge is 0.328 e. The SMILES string of the molecule is Cc1cc(C=CC(=O)O)ccc1NC(=O)N1CCOCC1. The van der Waals surface area contributed by atoms with Crippen molar-refractivity contribution in [3.63, 3.8) is 0 Å². The summed E-state index contributed by atoms with van der Waals surface area (Å²) in [5, 5.41) is 11.5. The standard InChI is InChI=1S/C15H18N2O4/c1-11-10-12(3-5-14(18)19)2-4-13(11)16-15(20)17-6-8-21-9-7-17/h2-5,10H,6-9H2,1H3,(H,16,20)(H,18,19). The molecule has 1 aromatic rings. The molecular formula is C15H18N2O4. The second-order valence-corrected chi connectivity index (χ2v) is 4.78. The van der Waals surface area contributed by atoms with Crippen LogP contribution in [0.3, 0.4) is 0 Å². The third-order valence-electron chi connectivity index (χ3n) is 3.21. The van der Waals surface area contributed by atoms with E-state index in [1.807, 2.05) is 13.0 Å². The molecule has 1 aromatic carbocycles. The zero-order chi connectivity index (χ0) is 15.2. The number of hydrogen-bond donors (Lipinski definition) is 2. The molecule has 0 saturated carbocycles. The fourth-order valence-electron chi connectivity index (χ4n) is 2.06. The van der Waals surface area contributed by atoms with E-state index in [9.17, 15) is 9.59 Å². The van der Waals surface area contributed by atoms with Crippen LogP contribution in [0.5, 0.6) is 0 Å². The van der Waals surface area contributed by atoms with E-state index >= 15 is 0 Å². The number of urea groups is 1. The minimum atomic E-state index is -0.989. The van der Waals surface area contributed by atoms with Gasteiger partial charge in [0.25, 0.3) is 0 Å². The summed E-state index contributed by atoms with van der Waals surface area (Å²) < 4.78 is 5.21.